The normalized spacial score (nSPS) is 11.2. The number of methoxy groups -OCH3 is 1. The van der Waals surface area contributed by atoms with Gasteiger partial charge in [-0.3, -0.25) is 0 Å². The number of ether oxygens (including phenoxy) is 1. The van der Waals surface area contributed by atoms with E-state index < -0.39 is 0 Å². The first kappa shape index (κ1) is 13.7. The van der Waals surface area contributed by atoms with Crippen LogP contribution in [0.1, 0.15) is 11.1 Å². The van der Waals surface area contributed by atoms with Crippen LogP contribution in [0.15, 0.2) is 53.7 Å². The summed E-state index contributed by atoms with van der Waals surface area (Å²) in [6.07, 6.45) is 0. The molecule has 5 heteroatoms. The summed E-state index contributed by atoms with van der Waals surface area (Å²) < 4.78 is 5.28. The first-order valence-corrected chi connectivity index (χ1v) is 6.18. The lowest BCUT2D eigenvalue weighted by atomic mass is 10.1. The summed E-state index contributed by atoms with van der Waals surface area (Å²) in [5.41, 5.74) is 8.23. The average Bonchev–Trinajstić information content (AvgIpc) is 2.53. The fraction of sp³-hybridized carbons (Fsp3) is 0.133. The molecule has 0 heterocycles. The van der Waals surface area contributed by atoms with E-state index in [4.69, 9.17) is 15.7 Å². The van der Waals surface area contributed by atoms with Crippen LogP contribution in [0.5, 0.6) is 5.75 Å². The van der Waals surface area contributed by atoms with Crippen molar-refractivity contribution in [1.82, 2.24) is 0 Å². The quantitative estimate of drug-likeness (QED) is 0.337. The number of anilines is 1. The number of hydrogen-bond donors (Lipinski definition) is 3. The zero-order chi connectivity index (χ0) is 14.4. The van der Waals surface area contributed by atoms with E-state index in [1.165, 1.54) is 0 Å². The number of nitrogens with zero attached hydrogens (tertiary/aromatic N) is 1. The van der Waals surface area contributed by atoms with Crippen LogP contribution in [0.3, 0.4) is 0 Å². The molecule has 0 bridgehead atoms. The molecule has 0 unspecified atom stereocenters. The van der Waals surface area contributed by atoms with Gasteiger partial charge in [-0.1, -0.05) is 41.6 Å². The second-order valence-corrected chi connectivity index (χ2v) is 4.24. The maximum atomic E-state index is 8.60. The summed E-state index contributed by atoms with van der Waals surface area (Å²) in [4.78, 5) is 0. The molecule has 4 N–H and O–H groups in total. The van der Waals surface area contributed by atoms with E-state index in [9.17, 15) is 0 Å². The van der Waals surface area contributed by atoms with Crippen LogP contribution >= 0.6 is 0 Å². The Kier molecular flexibility index (Phi) is 4.44. The lowest BCUT2D eigenvalue weighted by molar-refractivity contribution is 0.318. The molecule has 0 saturated heterocycles. The van der Waals surface area contributed by atoms with Crippen molar-refractivity contribution >= 4 is 11.5 Å². The van der Waals surface area contributed by atoms with Gasteiger partial charge in [0.2, 0.25) is 0 Å². The molecular formula is C15H17N3O2. The zero-order valence-corrected chi connectivity index (χ0v) is 11.2. The fourth-order valence-electron chi connectivity index (χ4n) is 1.84. The van der Waals surface area contributed by atoms with Gasteiger partial charge in [0, 0.05) is 12.1 Å². The molecule has 0 aliphatic carbocycles. The van der Waals surface area contributed by atoms with Crippen LogP contribution in [0.25, 0.3) is 0 Å². The Morgan fingerprint density at radius 1 is 1.20 bits per heavy atom. The molecule has 0 aromatic heterocycles. The van der Waals surface area contributed by atoms with Gasteiger partial charge in [-0.25, -0.2) is 0 Å². The monoisotopic (exact) mass is 271 g/mol. The van der Waals surface area contributed by atoms with Crippen molar-refractivity contribution in [3.05, 3.63) is 59.7 Å². The van der Waals surface area contributed by atoms with Crippen molar-refractivity contribution in [3.63, 3.8) is 0 Å². The Balaban J connectivity index is 2.04. The van der Waals surface area contributed by atoms with Crippen molar-refractivity contribution in [2.45, 2.75) is 6.54 Å². The highest BCUT2D eigenvalue weighted by Gasteiger charge is 2.02. The van der Waals surface area contributed by atoms with E-state index in [1.807, 2.05) is 48.5 Å². The number of benzene rings is 2. The molecule has 0 radical (unpaired) electrons. The minimum absolute atomic E-state index is 0.106. The van der Waals surface area contributed by atoms with Gasteiger partial charge in [-0.15, -0.1) is 0 Å². The maximum Gasteiger partial charge on any atom is 0.170 e. The lowest BCUT2D eigenvalue weighted by Gasteiger charge is -2.11. The predicted octanol–water partition coefficient (Wildman–Crippen LogP) is 2.40. The Morgan fingerprint density at radius 2 is 1.90 bits per heavy atom. The molecule has 0 atom stereocenters. The Hall–Kier alpha value is -2.69. The number of nitrogens with one attached hydrogen (secondary N) is 1. The molecule has 104 valence electrons. The predicted molar refractivity (Wildman–Crippen MR) is 79.3 cm³/mol. The Morgan fingerprint density at radius 3 is 2.55 bits per heavy atom. The van der Waals surface area contributed by atoms with E-state index in [2.05, 4.69) is 10.5 Å². The molecule has 0 spiro atoms. The van der Waals surface area contributed by atoms with Crippen molar-refractivity contribution in [2.24, 2.45) is 10.9 Å². The van der Waals surface area contributed by atoms with E-state index in [0.29, 0.717) is 12.1 Å². The van der Waals surface area contributed by atoms with E-state index >= 15 is 0 Å². The van der Waals surface area contributed by atoms with Crippen LogP contribution in [-0.4, -0.2) is 18.2 Å². The summed E-state index contributed by atoms with van der Waals surface area (Å²) in [6.45, 7) is 0.664. The summed E-state index contributed by atoms with van der Waals surface area (Å²) in [6, 6.07) is 15.2. The number of rotatable bonds is 5. The van der Waals surface area contributed by atoms with Crippen LogP contribution in [0.4, 0.5) is 5.69 Å². The highest BCUT2D eigenvalue weighted by Crippen LogP contribution is 2.23. The highest BCUT2D eigenvalue weighted by molar-refractivity contribution is 5.96. The number of hydrogen-bond acceptors (Lipinski definition) is 4. The average molecular weight is 271 g/mol. The van der Waals surface area contributed by atoms with Gasteiger partial charge in [-0.2, -0.15) is 0 Å². The minimum atomic E-state index is 0.106. The summed E-state index contributed by atoms with van der Waals surface area (Å²) >= 11 is 0. The number of nitrogens with two attached hydrogens (primary N) is 1. The third kappa shape index (κ3) is 3.20. The van der Waals surface area contributed by atoms with Gasteiger partial charge in [-0.05, 0) is 17.7 Å². The molecule has 0 fully saturated rings. The Bertz CT molecular complexity index is 594. The summed E-state index contributed by atoms with van der Waals surface area (Å²) in [7, 11) is 1.65. The first-order chi connectivity index (χ1) is 9.74. The SMILES string of the molecule is COc1ccccc1NCc1ccc(C(N)=NO)cc1. The maximum absolute atomic E-state index is 8.60. The van der Waals surface area contributed by atoms with Crippen molar-refractivity contribution < 1.29 is 9.94 Å². The van der Waals surface area contributed by atoms with Crippen LogP contribution < -0.4 is 15.8 Å². The number of oxime groups is 1. The number of amidine groups is 1. The van der Waals surface area contributed by atoms with Crippen molar-refractivity contribution in [1.29, 1.82) is 0 Å². The fourth-order valence-corrected chi connectivity index (χ4v) is 1.84. The topological polar surface area (TPSA) is 79.9 Å². The first-order valence-electron chi connectivity index (χ1n) is 6.18. The zero-order valence-electron chi connectivity index (χ0n) is 11.2. The summed E-state index contributed by atoms with van der Waals surface area (Å²) in [5.74, 6) is 0.912. The van der Waals surface area contributed by atoms with Gasteiger partial charge in [0.25, 0.3) is 0 Å². The molecule has 20 heavy (non-hydrogen) atoms. The second kappa shape index (κ2) is 6.47. The van der Waals surface area contributed by atoms with Crippen molar-refractivity contribution in [3.8, 4) is 5.75 Å². The third-order valence-corrected chi connectivity index (χ3v) is 2.95. The number of para-hydroxylation sites is 2. The highest BCUT2D eigenvalue weighted by atomic mass is 16.5. The minimum Gasteiger partial charge on any atom is -0.495 e. The van der Waals surface area contributed by atoms with Crippen LogP contribution in [0.2, 0.25) is 0 Å². The lowest BCUT2D eigenvalue weighted by Crippen LogP contribution is -2.13. The van der Waals surface area contributed by atoms with Gasteiger partial charge in [0.05, 0.1) is 12.8 Å². The smallest absolute Gasteiger partial charge is 0.170 e. The Labute approximate surface area is 117 Å². The summed E-state index contributed by atoms with van der Waals surface area (Å²) in [5, 5.41) is 14.9. The van der Waals surface area contributed by atoms with E-state index in [1.54, 1.807) is 7.11 Å². The molecular weight excluding hydrogens is 254 g/mol. The van der Waals surface area contributed by atoms with Gasteiger partial charge < -0.3 is 21.0 Å². The van der Waals surface area contributed by atoms with Gasteiger partial charge >= 0.3 is 0 Å². The molecule has 2 aromatic rings. The molecule has 2 rings (SSSR count). The van der Waals surface area contributed by atoms with Gasteiger partial charge in [0.15, 0.2) is 5.84 Å². The molecule has 0 amide bonds. The molecule has 5 nitrogen and oxygen atoms in total. The second-order valence-electron chi connectivity index (χ2n) is 4.24. The van der Waals surface area contributed by atoms with Gasteiger partial charge in [0.1, 0.15) is 5.75 Å². The largest absolute Gasteiger partial charge is 0.495 e. The molecule has 2 aromatic carbocycles. The standard InChI is InChI=1S/C15H17N3O2/c1-20-14-5-3-2-4-13(14)17-10-11-6-8-12(9-7-11)15(16)18-19/h2-9,17,19H,10H2,1H3,(H2,16,18). The van der Waals surface area contributed by atoms with Crippen LogP contribution in [0, 0.1) is 0 Å². The van der Waals surface area contributed by atoms with E-state index in [-0.39, 0.29) is 5.84 Å². The molecule has 0 saturated carbocycles. The van der Waals surface area contributed by atoms with E-state index in [0.717, 1.165) is 17.0 Å². The third-order valence-electron chi connectivity index (χ3n) is 2.95. The molecule has 0 aliphatic rings. The van der Waals surface area contributed by atoms with Crippen molar-refractivity contribution in [2.75, 3.05) is 12.4 Å². The van der Waals surface area contributed by atoms with Crippen LogP contribution in [-0.2, 0) is 6.54 Å². The molecule has 0 aliphatic heterocycles.